The Kier molecular flexibility index (Phi) is 3.74. The van der Waals surface area contributed by atoms with E-state index < -0.39 is 0 Å². The number of benzene rings is 1. The molecule has 0 fully saturated rings. The summed E-state index contributed by atoms with van der Waals surface area (Å²) in [5.41, 5.74) is 10.6. The number of hydrazone groups is 1. The molecule has 0 aliphatic carbocycles. The van der Waals surface area contributed by atoms with Crippen LogP contribution in [0.5, 0.6) is 0 Å². The fourth-order valence-corrected chi connectivity index (χ4v) is 1.54. The van der Waals surface area contributed by atoms with Gasteiger partial charge in [-0.1, -0.05) is 12.1 Å². The van der Waals surface area contributed by atoms with E-state index in [1.807, 2.05) is 0 Å². The summed E-state index contributed by atoms with van der Waals surface area (Å²) in [5.74, 6) is 5.04. The number of thiocarbonyl (C=S) groups is 1. The lowest BCUT2D eigenvalue weighted by Crippen LogP contribution is -2.37. The zero-order chi connectivity index (χ0) is 13.8. The van der Waals surface area contributed by atoms with Crippen molar-refractivity contribution >= 4 is 40.4 Å². The Morgan fingerprint density at radius 1 is 1.42 bits per heavy atom. The van der Waals surface area contributed by atoms with Gasteiger partial charge in [-0.15, -0.1) is 0 Å². The Balaban J connectivity index is 2.44. The highest BCUT2D eigenvalue weighted by Crippen LogP contribution is 2.15. The van der Waals surface area contributed by atoms with Gasteiger partial charge in [0.2, 0.25) is 16.4 Å². The van der Waals surface area contributed by atoms with Crippen LogP contribution >= 0.6 is 12.2 Å². The third-order valence-electron chi connectivity index (χ3n) is 2.35. The number of rotatable bonds is 2. The number of nitrogens with two attached hydrogens (primary N) is 2. The van der Waals surface area contributed by atoms with E-state index in [0.29, 0.717) is 11.0 Å². The third kappa shape index (κ3) is 2.69. The van der Waals surface area contributed by atoms with Gasteiger partial charge in [-0.3, -0.25) is 15.6 Å². The van der Waals surface area contributed by atoms with Crippen molar-refractivity contribution in [2.24, 2.45) is 10.9 Å². The topological polar surface area (TPSA) is 119 Å². The van der Waals surface area contributed by atoms with Crippen LogP contribution in [0, 0.1) is 0 Å². The van der Waals surface area contributed by atoms with Crippen LogP contribution in [0.1, 0.15) is 5.56 Å². The SMILES string of the molecule is NNC(=S)N/N=C/c1c(N)oc2ccccc2c1=O. The molecule has 19 heavy (non-hydrogen) atoms. The molecular weight excluding hydrogens is 266 g/mol. The first-order chi connectivity index (χ1) is 9.13. The Labute approximate surface area is 113 Å². The minimum atomic E-state index is -0.267. The van der Waals surface area contributed by atoms with E-state index in [9.17, 15) is 4.79 Å². The number of hydrogen-bond donors (Lipinski definition) is 4. The second-order valence-corrected chi connectivity index (χ2v) is 3.96. The summed E-state index contributed by atoms with van der Waals surface area (Å²) in [5, 5.41) is 4.28. The summed E-state index contributed by atoms with van der Waals surface area (Å²) in [7, 11) is 0. The van der Waals surface area contributed by atoms with Crippen LogP contribution in [-0.2, 0) is 0 Å². The van der Waals surface area contributed by atoms with E-state index in [1.54, 1.807) is 24.3 Å². The normalized spacial score (nSPS) is 10.8. The molecule has 7 nitrogen and oxygen atoms in total. The number of fused-ring (bicyclic) bond motifs is 1. The predicted octanol–water partition coefficient (Wildman–Crippen LogP) is 0.0469. The van der Waals surface area contributed by atoms with Gasteiger partial charge in [0.05, 0.1) is 11.6 Å². The van der Waals surface area contributed by atoms with Crippen molar-refractivity contribution in [3.8, 4) is 0 Å². The van der Waals surface area contributed by atoms with Crippen LogP contribution in [0.4, 0.5) is 5.88 Å². The lowest BCUT2D eigenvalue weighted by Gasteiger charge is -2.03. The van der Waals surface area contributed by atoms with Gasteiger partial charge >= 0.3 is 0 Å². The maximum absolute atomic E-state index is 12.2. The predicted molar refractivity (Wildman–Crippen MR) is 77.5 cm³/mol. The minimum Gasteiger partial charge on any atom is -0.440 e. The molecule has 1 aromatic carbocycles. The minimum absolute atomic E-state index is 0.0131. The van der Waals surface area contributed by atoms with Gasteiger partial charge < -0.3 is 10.2 Å². The van der Waals surface area contributed by atoms with E-state index in [2.05, 4.69) is 16.0 Å². The Morgan fingerprint density at radius 2 is 2.16 bits per heavy atom. The molecule has 0 bridgehead atoms. The number of para-hydroxylation sites is 1. The summed E-state index contributed by atoms with van der Waals surface area (Å²) >= 11 is 4.72. The molecule has 0 saturated heterocycles. The van der Waals surface area contributed by atoms with Crippen molar-refractivity contribution in [3.05, 3.63) is 40.1 Å². The molecule has 2 rings (SSSR count). The first-order valence-corrected chi connectivity index (χ1v) is 5.65. The van der Waals surface area contributed by atoms with Crippen LogP contribution in [-0.4, -0.2) is 11.3 Å². The fraction of sp³-hybridized carbons (Fsp3) is 0. The van der Waals surface area contributed by atoms with Gasteiger partial charge in [0, 0.05) is 0 Å². The molecule has 0 aliphatic rings. The van der Waals surface area contributed by atoms with Crippen molar-refractivity contribution in [3.63, 3.8) is 0 Å². The number of hydrogen-bond acceptors (Lipinski definition) is 6. The lowest BCUT2D eigenvalue weighted by molar-refractivity contribution is 0.624. The molecule has 0 saturated carbocycles. The molecule has 0 aliphatic heterocycles. The monoisotopic (exact) mass is 277 g/mol. The molecule has 8 heteroatoms. The highest BCUT2D eigenvalue weighted by atomic mass is 32.1. The zero-order valence-corrected chi connectivity index (χ0v) is 10.5. The second-order valence-electron chi connectivity index (χ2n) is 3.55. The summed E-state index contributed by atoms with van der Waals surface area (Å²) in [6.45, 7) is 0. The highest BCUT2D eigenvalue weighted by molar-refractivity contribution is 7.80. The maximum atomic E-state index is 12.2. The molecule has 2 aromatic rings. The largest absolute Gasteiger partial charge is 0.440 e. The molecule has 0 spiro atoms. The van der Waals surface area contributed by atoms with E-state index >= 15 is 0 Å². The molecular formula is C11H11N5O2S. The smallest absolute Gasteiger partial charge is 0.203 e. The Bertz CT molecular complexity index is 710. The summed E-state index contributed by atoms with van der Waals surface area (Å²) in [4.78, 5) is 12.2. The molecule has 6 N–H and O–H groups in total. The average Bonchev–Trinajstić information content (AvgIpc) is 2.42. The van der Waals surface area contributed by atoms with Gasteiger partial charge in [-0.05, 0) is 24.4 Å². The van der Waals surface area contributed by atoms with Crippen molar-refractivity contribution < 1.29 is 4.42 Å². The first kappa shape index (κ1) is 13.0. The second kappa shape index (κ2) is 5.46. The molecule has 0 unspecified atom stereocenters. The number of hydrazine groups is 1. The van der Waals surface area contributed by atoms with Crippen molar-refractivity contribution in [1.82, 2.24) is 10.9 Å². The van der Waals surface area contributed by atoms with Crippen LogP contribution < -0.4 is 27.9 Å². The quantitative estimate of drug-likeness (QED) is 0.265. The average molecular weight is 277 g/mol. The highest BCUT2D eigenvalue weighted by Gasteiger charge is 2.09. The Morgan fingerprint density at radius 3 is 2.89 bits per heavy atom. The lowest BCUT2D eigenvalue weighted by atomic mass is 10.2. The molecule has 0 amide bonds. The summed E-state index contributed by atoms with van der Waals surface area (Å²) in [6.07, 6.45) is 1.23. The van der Waals surface area contributed by atoms with Crippen molar-refractivity contribution in [2.45, 2.75) is 0 Å². The molecule has 1 aromatic heterocycles. The summed E-state index contributed by atoms with van der Waals surface area (Å²) in [6, 6.07) is 6.81. The summed E-state index contributed by atoms with van der Waals surface area (Å²) < 4.78 is 5.34. The molecule has 1 heterocycles. The van der Waals surface area contributed by atoms with Gasteiger partial charge in [-0.25, -0.2) is 5.84 Å². The fourth-order valence-electron chi connectivity index (χ4n) is 1.48. The van der Waals surface area contributed by atoms with Crippen LogP contribution in [0.15, 0.2) is 38.6 Å². The van der Waals surface area contributed by atoms with Crippen molar-refractivity contribution in [1.29, 1.82) is 0 Å². The van der Waals surface area contributed by atoms with Crippen LogP contribution in [0.2, 0.25) is 0 Å². The number of anilines is 1. The molecule has 98 valence electrons. The number of nitrogens with one attached hydrogen (secondary N) is 2. The Hall–Kier alpha value is -2.45. The van der Waals surface area contributed by atoms with Gasteiger partial charge in [0.25, 0.3) is 0 Å². The van der Waals surface area contributed by atoms with Crippen LogP contribution in [0.3, 0.4) is 0 Å². The van der Waals surface area contributed by atoms with E-state index in [4.69, 9.17) is 28.2 Å². The van der Waals surface area contributed by atoms with E-state index in [-0.39, 0.29) is 22.0 Å². The maximum Gasteiger partial charge on any atom is 0.203 e. The van der Waals surface area contributed by atoms with Gasteiger partial charge in [-0.2, -0.15) is 5.10 Å². The van der Waals surface area contributed by atoms with E-state index in [1.165, 1.54) is 6.21 Å². The zero-order valence-electron chi connectivity index (χ0n) is 9.71. The first-order valence-electron chi connectivity index (χ1n) is 5.24. The van der Waals surface area contributed by atoms with Gasteiger partial charge in [0.15, 0.2) is 0 Å². The standard InChI is InChI=1S/C11H11N5O2S/c12-10-7(5-14-16-11(19)15-13)9(17)6-3-1-2-4-8(6)18-10/h1-5H,12-13H2,(H2,15,16,19)/b14-5+. The third-order valence-corrected chi connectivity index (χ3v) is 2.56. The molecule has 0 atom stereocenters. The van der Waals surface area contributed by atoms with E-state index in [0.717, 1.165) is 0 Å². The molecule has 0 radical (unpaired) electrons. The number of nitrogens with zero attached hydrogens (tertiary/aromatic N) is 1. The number of nitrogen functional groups attached to an aromatic ring is 1. The van der Waals surface area contributed by atoms with Crippen LogP contribution in [0.25, 0.3) is 11.0 Å². The van der Waals surface area contributed by atoms with Gasteiger partial charge in [0.1, 0.15) is 11.1 Å². The van der Waals surface area contributed by atoms with Crippen molar-refractivity contribution in [2.75, 3.05) is 5.73 Å².